The lowest BCUT2D eigenvalue weighted by atomic mass is 10.3. The van der Waals surface area contributed by atoms with E-state index in [1.54, 1.807) is 11.4 Å². The summed E-state index contributed by atoms with van der Waals surface area (Å²) in [6.07, 6.45) is 1.13. The van der Waals surface area contributed by atoms with E-state index in [0.29, 0.717) is 29.1 Å². The highest BCUT2D eigenvalue weighted by Gasteiger charge is 2.33. The van der Waals surface area contributed by atoms with Crippen LogP contribution in [0.4, 0.5) is 0 Å². The van der Waals surface area contributed by atoms with Gasteiger partial charge in [0.2, 0.25) is 10.0 Å². The molecule has 1 aromatic rings. The Morgan fingerprint density at radius 2 is 2.31 bits per heavy atom. The largest absolute Gasteiger partial charge is 0.326 e. The molecule has 1 fully saturated rings. The van der Waals surface area contributed by atoms with E-state index in [-0.39, 0.29) is 0 Å². The first kappa shape index (κ1) is 12.0. The molecule has 0 amide bonds. The molecule has 0 saturated heterocycles. The smallest absolute Gasteiger partial charge is 0.250 e. The molecule has 1 heterocycles. The van der Waals surface area contributed by atoms with E-state index in [1.165, 1.54) is 11.3 Å². The first-order chi connectivity index (χ1) is 7.53. The van der Waals surface area contributed by atoms with Crippen molar-refractivity contribution in [1.29, 1.82) is 0 Å². The number of thiophene rings is 1. The van der Waals surface area contributed by atoms with E-state index in [1.807, 2.05) is 0 Å². The molecule has 1 aliphatic carbocycles. The summed E-state index contributed by atoms with van der Waals surface area (Å²) in [6, 6.07) is 1.64. The van der Waals surface area contributed by atoms with Gasteiger partial charge < -0.3 is 5.73 Å². The monoisotopic (exact) mass is 260 g/mol. The summed E-state index contributed by atoms with van der Waals surface area (Å²) in [7, 11) is -3.32. The Hall–Kier alpha value is -0.430. The van der Waals surface area contributed by atoms with Crippen molar-refractivity contribution < 1.29 is 8.42 Å². The predicted molar refractivity (Wildman–Crippen MR) is 64.7 cm³/mol. The Labute approximate surface area is 99.9 Å². The van der Waals surface area contributed by atoms with E-state index in [2.05, 4.69) is 11.6 Å². The average Bonchev–Trinajstić information content (AvgIpc) is 2.78. The molecule has 6 heteroatoms. The highest BCUT2D eigenvalue weighted by Crippen LogP contribution is 2.37. The molecule has 3 N–H and O–H groups in total. The molecule has 1 saturated carbocycles. The van der Waals surface area contributed by atoms with Crippen LogP contribution in [0.15, 0.2) is 15.7 Å². The van der Waals surface area contributed by atoms with Crippen molar-refractivity contribution in [2.45, 2.75) is 24.1 Å². The first-order valence-electron chi connectivity index (χ1n) is 5.30. The number of hydrogen-bond donors (Lipinski definition) is 2. The fraction of sp³-hybridized carbons (Fsp3) is 0.600. The van der Waals surface area contributed by atoms with Gasteiger partial charge in [-0.3, -0.25) is 0 Å². The topological polar surface area (TPSA) is 72.2 Å². The van der Waals surface area contributed by atoms with Gasteiger partial charge in [0, 0.05) is 13.1 Å². The molecular weight excluding hydrogens is 244 g/mol. The highest BCUT2D eigenvalue weighted by atomic mass is 32.2. The first-order valence-corrected chi connectivity index (χ1v) is 7.66. The minimum Gasteiger partial charge on any atom is -0.326 e. The van der Waals surface area contributed by atoms with Gasteiger partial charge in [0.25, 0.3) is 0 Å². The van der Waals surface area contributed by atoms with E-state index in [0.717, 1.165) is 12.0 Å². The maximum atomic E-state index is 11.9. The van der Waals surface area contributed by atoms with Crippen LogP contribution in [0.5, 0.6) is 0 Å². The van der Waals surface area contributed by atoms with Crippen LogP contribution < -0.4 is 10.5 Å². The third-order valence-electron chi connectivity index (χ3n) is 2.94. The lowest BCUT2D eigenvalue weighted by Gasteiger charge is -2.03. The van der Waals surface area contributed by atoms with Crippen LogP contribution in [0.2, 0.25) is 0 Å². The summed E-state index contributed by atoms with van der Waals surface area (Å²) in [5.74, 6) is 1.18. The minimum absolute atomic E-state index is 0.362. The van der Waals surface area contributed by atoms with Gasteiger partial charge in [0.1, 0.15) is 4.21 Å². The van der Waals surface area contributed by atoms with Crippen LogP contribution in [0, 0.1) is 11.8 Å². The minimum atomic E-state index is -3.32. The van der Waals surface area contributed by atoms with Crippen molar-refractivity contribution in [3.8, 4) is 0 Å². The fourth-order valence-electron chi connectivity index (χ4n) is 1.57. The molecular formula is C10H16N2O2S2. The van der Waals surface area contributed by atoms with Crippen molar-refractivity contribution in [2.75, 3.05) is 6.54 Å². The Kier molecular flexibility index (Phi) is 3.34. The lowest BCUT2D eigenvalue weighted by Crippen LogP contribution is -2.25. The number of sulfonamides is 1. The zero-order valence-corrected chi connectivity index (χ0v) is 10.8. The molecule has 0 bridgehead atoms. The summed E-state index contributed by atoms with van der Waals surface area (Å²) >= 11 is 1.22. The molecule has 0 radical (unpaired) electrons. The van der Waals surface area contributed by atoms with Gasteiger partial charge in [-0.2, -0.15) is 0 Å². The second-order valence-corrected chi connectivity index (χ2v) is 7.21. The Morgan fingerprint density at radius 1 is 1.62 bits per heavy atom. The molecule has 2 atom stereocenters. The van der Waals surface area contributed by atoms with Gasteiger partial charge in [-0.25, -0.2) is 13.1 Å². The molecule has 4 nitrogen and oxygen atoms in total. The Balaban J connectivity index is 2.00. The molecule has 2 rings (SSSR count). The third-order valence-corrected chi connectivity index (χ3v) is 5.85. The SMILES string of the molecule is CC1CC1CNS(=O)(=O)c1cc(CN)cs1. The van der Waals surface area contributed by atoms with Crippen molar-refractivity contribution in [3.63, 3.8) is 0 Å². The van der Waals surface area contributed by atoms with Crippen molar-refractivity contribution in [2.24, 2.45) is 17.6 Å². The summed E-state index contributed by atoms with van der Waals surface area (Å²) < 4.78 is 26.7. The van der Waals surface area contributed by atoms with Gasteiger partial charge in [-0.05, 0) is 35.3 Å². The van der Waals surface area contributed by atoms with Gasteiger partial charge in [0.05, 0.1) is 0 Å². The fourth-order valence-corrected chi connectivity index (χ4v) is 3.93. The van der Waals surface area contributed by atoms with E-state index < -0.39 is 10.0 Å². The molecule has 1 aromatic heterocycles. The van der Waals surface area contributed by atoms with Crippen LogP contribution in [0.25, 0.3) is 0 Å². The molecule has 0 aromatic carbocycles. The second-order valence-electron chi connectivity index (χ2n) is 4.30. The van der Waals surface area contributed by atoms with Gasteiger partial charge in [-0.1, -0.05) is 6.92 Å². The normalized spacial score (nSPS) is 24.6. The molecule has 0 spiro atoms. The standard InChI is InChI=1S/C10H16N2O2S2/c1-7-2-9(7)5-12-16(13,14)10-3-8(4-11)6-15-10/h3,6-7,9,12H,2,4-5,11H2,1H3. The Bertz CT molecular complexity index is 467. The number of nitrogens with one attached hydrogen (secondary N) is 1. The summed E-state index contributed by atoms with van der Waals surface area (Å²) in [6.45, 7) is 3.07. The molecule has 2 unspecified atom stereocenters. The van der Waals surface area contributed by atoms with E-state index in [9.17, 15) is 8.42 Å². The molecule has 16 heavy (non-hydrogen) atoms. The maximum absolute atomic E-state index is 11.9. The zero-order valence-electron chi connectivity index (χ0n) is 9.14. The molecule has 1 aliphatic rings. The zero-order chi connectivity index (χ0) is 11.8. The number of rotatable bonds is 5. The third kappa shape index (κ3) is 2.63. The number of hydrogen-bond acceptors (Lipinski definition) is 4. The quantitative estimate of drug-likeness (QED) is 0.834. The molecule has 0 aliphatic heterocycles. The Morgan fingerprint density at radius 3 is 2.81 bits per heavy atom. The van der Waals surface area contributed by atoms with Gasteiger partial charge in [0.15, 0.2) is 0 Å². The number of nitrogens with two attached hydrogens (primary N) is 1. The maximum Gasteiger partial charge on any atom is 0.250 e. The summed E-state index contributed by atoms with van der Waals surface area (Å²) in [5, 5.41) is 1.79. The van der Waals surface area contributed by atoms with Crippen LogP contribution >= 0.6 is 11.3 Å². The predicted octanol–water partition coefficient (Wildman–Crippen LogP) is 1.14. The average molecular weight is 260 g/mol. The van der Waals surface area contributed by atoms with Crippen molar-refractivity contribution in [3.05, 3.63) is 17.0 Å². The van der Waals surface area contributed by atoms with Crippen LogP contribution in [0.3, 0.4) is 0 Å². The van der Waals surface area contributed by atoms with Crippen molar-refractivity contribution in [1.82, 2.24) is 4.72 Å². The summed E-state index contributed by atoms with van der Waals surface area (Å²) in [5.41, 5.74) is 6.31. The van der Waals surface area contributed by atoms with E-state index in [4.69, 9.17) is 5.73 Å². The highest BCUT2D eigenvalue weighted by molar-refractivity contribution is 7.91. The second kappa shape index (κ2) is 4.44. The van der Waals surface area contributed by atoms with Crippen molar-refractivity contribution >= 4 is 21.4 Å². The van der Waals surface area contributed by atoms with E-state index >= 15 is 0 Å². The lowest BCUT2D eigenvalue weighted by molar-refractivity contribution is 0.576. The van der Waals surface area contributed by atoms with Gasteiger partial charge >= 0.3 is 0 Å². The van der Waals surface area contributed by atoms with Gasteiger partial charge in [-0.15, -0.1) is 11.3 Å². The summed E-state index contributed by atoms with van der Waals surface area (Å²) in [4.78, 5) is 0. The van der Waals surface area contributed by atoms with Crippen LogP contribution in [-0.4, -0.2) is 15.0 Å². The van der Waals surface area contributed by atoms with Crippen LogP contribution in [-0.2, 0) is 16.6 Å². The van der Waals surface area contributed by atoms with Crippen LogP contribution in [0.1, 0.15) is 18.9 Å². The molecule has 90 valence electrons.